The van der Waals surface area contributed by atoms with E-state index in [4.69, 9.17) is 9.84 Å². The van der Waals surface area contributed by atoms with Crippen molar-refractivity contribution in [3.63, 3.8) is 0 Å². The van der Waals surface area contributed by atoms with E-state index in [1.54, 1.807) is 7.11 Å². The van der Waals surface area contributed by atoms with E-state index in [0.717, 1.165) is 12.8 Å². The van der Waals surface area contributed by atoms with Crippen LogP contribution >= 0.6 is 0 Å². The Labute approximate surface area is 92.0 Å². The van der Waals surface area contributed by atoms with Crippen molar-refractivity contribution < 1.29 is 14.6 Å². The summed E-state index contributed by atoms with van der Waals surface area (Å²) in [7, 11) is 1.63. The molecular weight excluding hydrogens is 194 g/mol. The lowest BCUT2D eigenvalue weighted by molar-refractivity contribution is -0.141. The third-order valence-electron chi connectivity index (χ3n) is 2.35. The molecule has 0 aromatic carbocycles. The number of carboxylic acid groups (broad SMARTS) is 1. The highest BCUT2D eigenvalue weighted by Crippen LogP contribution is 2.06. The number of aliphatic carboxylic acids is 1. The van der Waals surface area contributed by atoms with E-state index in [1.165, 1.54) is 0 Å². The second kappa shape index (κ2) is 7.65. The highest BCUT2D eigenvalue weighted by Gasteiger charge is 2.23. The molecule has 0 rings (SSSR count). The molecule has 4 heteroatoms. The Hall–Kier alpha value is -0.610. The Morgan fingerprint density at radius 1 is 1.47 bits per heavy atom. The zero-order chi connectivity index (χ0) is 11.8. The van der Waals surface area contributed by atoms with Crippen LogP contribution in [0.4, 0.5) is 0 Å². The van der Waals surface area contributed by atoms with Crippen LogP contribution in [0.2, 0.25) is 0 Å². The van der Waals surface area contributed by atoms with Gasteiger partial charge in [0, 0.05) is 13.2 Å². The van der Waals surface area contributed by atoms with Gasteiger partial charge in [0.05, 0.1) is 6.61 Å². The quantitative estimate of drug-likeness (QED) is 0.647. The minimum atomic E-state index is -0.790. The molecule has 0 saturated carbocycles. The molecule has 2 N–H and O–H groups in total. The van der Waals surface area contributed by atoms with Crippen molar-refractivity contribution in [1.29, 1.82) is 0 Å². The predicted octanol–water partition coefficient (Wildman–Crippen LogP) is 1.50. The van der Waals surface area contributed by atoms with Gasteiger partial charge < -0.3 is 9.84 Å². The number of rotatable bonds is 8. The van der Waals surface area contributed by atoms with Gasteiger partial charge in [0.25, 0.3) is 0 Å². The molecule has 0 aliphatic rings. The van der Waals surface area contributed by atoms with Gasteiger partial charge in [0.1, 0.15) is 6.04 Å². The van der Waals surface area contributed by atoms with Crippen LogP contribution in [0.5, 0.6) is 0 Å². The molecule has 2 unspecified atom stereocenters. The molecule has 0 bridgehead atoms. The van der Waals surface area contributed by atoms with Crippen molar-refractivity contribution in [2.75, 3.05) is 13.7 Å². The highest BCUT2D eigenvalue weighted by atomic mass is 16.5. The SMILES string of the molecule is CCCC(COC)NC(C(=O)O)C(C)C. The van der Waals surface area contributed by atoms with Crippen LogP contribution in [0.1, 0.15) is 33.6 Å². The molecule has 0 aliphatic carbocycles. The lowest BCUT2D eigenvalue weighted by atomic mass is 10.0. The molecule has 0 amide bonds. The van der Waals surface area contributed by atoms with Gasteiger partial charge in [-0.1, -0.05) is 27.2 Å². The third-order valence-corrected chi connectivity index (χ3v) is 2.35. The van der Waals surface area contributed by atoms with Crippen LogP contribution in [0.15, 0.2) is 0 Å². The average molecular weight is 217 g/mol. The van der Waals surface area contributed by atoms with Crippen LogP contribution in [-0.2, 0) is 9.53 Å². The smallest absolute Gasteiger partial charge is 0.320 e. The normalized spacial score (nSPS) is 15.3. The van der Waals surface area contributed by atoms with Crippen molar-refractivity contribution >= 4 is 5.97 Å². The van der Waals surface area contributed by atoms with Crippen molar-refractivity contribution in [3.8, 4) is 0 Å². The zero-order valence-corrected chi connectivity index (χ0v) is 10.1. The van der Waals surface area contributed by atoms with E-state index >= 15 is 0 Å². The van der Waals surface area contributed by atoms with Gasteiger partial charge in [-0.3, -0.25) is 10.1 Å². The summed E-state index contributed by atoms with van der Waals surface area (Å²) in [4.78, 5) is 11.0. The first-order valence-electron chi connectivity index (χ1n) is 5.50. The summed E-state index contributed by atoms with van der Waals surface area (Å²) in [6, 6.07) is -0.361. The number of nitrogens with one attached hydrogen (secondary N) is 1. The van der Waals surface area contributed by atoms with Crippen molar-refractivity contribution in [3.05, 3.63) is 0 Å². The second-order valence-corrected chi connectivity index (χ2v) is 4.17. The van der Waals surface area contributed by atoms with Gasteiger partial charge in [-0.2, -0.15) is 0 Å². The molecule has 0 spiro atoms. The summed E-state index contributed by atoms with van der Waals surface area (Å²) < 4.78 is 5.06. The topological polar surface area (TPSA) is 58.6 Å². The standard InChI is InChI=1S/C11H23NO3/c1-5-6-9(7-15-4)12-10(8(2)3)11(13)14/h8-10,12H,5-7H2,1-4H3,(H,13,14). The Morgan fingerprint density at radius 2 is 2.07 bits per heavy atom. The fourth-order valence-corrected chi connectivity index (χ4v) is 1.57. The van der Waals surface area contributed by atoms with Crippen molar-refractivity contribution in [2.45, 2.75) is 45.7 Å². The molecule has 0 aromatic rings. The number of ether oxygens (including phenoxy) is 1. The van der Waals surface area contributed by atoms with E-state index in [0.29, 0.717) is 6.61 Å². The van der Waals surface area contributed by atoms with Crippen LogP contribution in [0.25, 0.3) is 0 Å². The molecular formula is C11H23NO3. The Bertz CT molecular complexity index is 177. The van der Waals surface area contributed by atoms with Crippen LogP contribution in [0.3, 0.4) is 0 Å². The van der Waals surface area contributed by atoms with Gasteiger partial charge in [0.15, 0.2) is 0 Å². The highest BCUT2D eigenvalue weighted by molar-refractivity contribution is 5.73. The lowest BCUT2D eigenvalue weighted by Gasteiger charge is -2.24. The first kappa shape index (κ1) is 14.4. The maximum Gasteiger partial charge on any atom is 0.320 e. The van der Waals surface area contributed by atoms with Gasteiger partial charge in [-0.25, -0.2) is 0 Å². The maximum atomic E-state index is 11.0. The van der Waals surface area contributed by atoms with Gasteiger partial charge in [0.2, 0.25) is 0 Å². The van der Waals surface area contributed by atoms with Crippen molar-refractivity contribution in [2.24, 2.45) is 5.92 Å². The van der Waals surface area contributed by atoms with E-state index < -0.39 is 12.0 Å². The van der Waals surface area contributed by atoms with Gasteiger partial charge >= 0.3 is 5.97 Å². The lowest BCUT2D eigenvalue weighted by Crippen LogP contribution is -2.48. The van der Waals surface area contributed by atoms with E-state index in [2.05, 4.69) is 12.2 Å². The largest absolute Gasteiger partial charge is 0.480 e. The van der Waals surface area contributed by atoms with Crippen LogP contribution in [-0.4, -0.2) is 36.9 Å². The molecule has 0 fully saturated rings. The third kappa shape index (κ3) is 5.74. The summed E-state index contributed by atoms with van der Waals surface area (Å²) in [6.45, 7) is 6.45. The summed E-state index contributed by atoms with van der Waals surface area (Å²) in [5.74, 6) is -0.707. The van der Waals surface area contributed by atoms with Crippen LogP contribution < -0.4 is 5.32 Å². The number of carbonyl (C=O) groups is 1. The number of carboxylic acids is 1. The summed E-state index contributed by atoms with van der Waals surface area (Å²) in [5, 5.41) is 12.2. The van der Waals surface area contributed by atoms with Crippen LogP contribution in [0, 0.1) is 5.92 Å². The maximum absolute atomic E-state index is 11.0. The van der Waals surface area contributed by atoms with Gasteiger partial charge in [-0.05, 0) is 12.3 Å². The molecule has 0 aliphatic heterocycles. The number of methoxy groups -OCH3 is 1. The fourth-order valence-electron chi connectivity index (χ4n) is 1.57. The van der Waals surface area contributed by atoms with E-state index in [9.17, 15) is 4.79 Å². The summed E-state index contributed by atoms with van der Waals surface area (Å²) in [5.41, 5.74) is 0. The molecule has 0 saturated heterocycles. The Morgan fingerprint density at radius 3 is 2.40 bits per heavy atom. The van der Waals surface area contributed by atoms with E-state index in [-0.39, 0.29) is 12.0 Å². The Balaban J connectivity index is 4.25. The molecule has 0 heterocycles. The van der Waals surface area contributed by atoms with E-state index in [1.807, 2.05) is 13.8 Å². The first-order chi connectivity index (χ1) is 7.02. The number of hydrogen-bond acceptors (Lipinski definition) is 3. The summed E-state index contributed by atoms with van der Waals surface area (Å²) in [6.07, 6.45) is 1.95. The monoisotopic (exact) mass is 217 g/mol. The summed E-state index contributed by atoms with van der Waals surface area (Å²) >= 11 is 0. The molecule has 0 aromatic heterocycles. The van der Waals surface area contributed by atoms with Crippen molar-refractivity contribution in [1.82, 2.24) is 5.32 Å². The van der Waals surface area contributed by atoms with Gasteiger partial charge in [-0.15, -0.1) is 0 Å². The average Bonchev–Trinajstić information content (AvgIpc) is 2.13. The molecule has 2 atom stereocenters. The second-order valence-electron chi connectivity index (χ2n) is 4.17. The molecule has 15 heavy (non-hydrogen) atoms. The molecule has 90 valence electrons. The predicted molar refractivity (Wildman–Crippen MR) is 60.0 cm³/mol. The first-order valence-corrected chi connectivity index (χ1v) is 5.50. The fraction of sp³-hybridized carbons (Fsp3) is 0.909. The Kier molecular flexibility index (Phi) is 7.34. The molecule has 0 radical (unpaired) electrons. The number of hydrogen-bond donors (Lipinski definition) is 2. The zero-order valence-electron chi connectivity index (χ0n) is 10.1. The molecule has 4 nitrogen and oxygen atoms in total. The minimum Gasteiger partial charge on any atom is -0.480 e. The minimum absolute atomic E-state index is 0.0821.